The lowest BCUT2D eigenvalue weighted by Gasteiger charge is -2.70. The van der Waals surface area contributed by atoms with Crippen LogP contribution in [0.2, 0.25) is 0 Å². The van der Waals surface area contributed by atoms with Crippen molar-refractivity contribution in [3.63, 3.8) is 0 Å². The average molecular weight is 485 g/mol. The average Bonchev–Trinajstić information content (AvgIpc) is 3.12. The molecule has 0 aromatic heterocycles. The fourth-order valence-electron chi connectivity index (χ4n) is 10.4. The van der Waals surface area contributed by atoms with E-state index < -0.39 is 6.10 Å². The number of carbonyl (C=O) groups excluding carboxylic acids is 1. The van der Waals surface area contributed by atoms with Gasteiger partial charge in [0.1, 0.15) is 6.10 Å². The van der Waals surface area contributed by atoms with Crippen LogP contribution in [0.5, 0.6) is 0 Å². The molecule has 4 aliphatic carbocycles. The fourth-order valence-corrected chi connectivity index (χ4v) is 10.4. The minimum Gasteiger partial charge on any atom is -0.462 e. The Hall–Kier alpha value is -1.09. The van der Waals surface area contributed by atoms with Gasteiger partial charge in [0.05, 0.1) is 6.10 Å². The summed E-state index contributed by atoms with van der Waals surface area (Å²) in [5.74, 6) is 2.50. The third-order valence-electron chi connectivity index (χ3n) is 12.5. The van der Waals surface area contributed by atoms with Gasteiger partial charge in [-0.15, -0.1) is 0 Å². The molecule has 3 nitrogen and oxygen atoms in total. The normalized spacial score (nSPS) is 45.0. The van der Waals surface area contributed by atoms with Crippen LogP contribution < -0.4 is 0 Å². The van der Waals surface area contributed by atoms with Crippen molar-refractivity contribution in [1.82, 2.24) is 0 Å². The van der Waals surface area contributed by atoms with Crippen LogP contribution in [0.15, 0.2) is 24.3 Å². The van der Waals surface area contributed by atoms with Gasteiger partial charge in [0.25, 0.3) is 0 Å². The molecule has 198 valence electrons. The molecule has 0 radical (unpaired) electrons. The van der Waals surface area contributed by atoms with Gasteiger partial charge < -0.3 is 9.84 Å². The van der Waals surface area contributed by atoms with Gasteiger partial charge in [0.15, 0.2) is 0 Å². The summed E-state index contributed by atoms with van der Waals surface area (Å²) in [5.41, 5.74) is 3.25. The summed E-state index contributed by atoms with van der Waals surface area (Å²) < 4.78 is 5.87. The quantitative estimate of drug-likeness (QED) is 0.308. The fraction of sp³-hybridized carbons (Fsp3) is 0.844. The Bertz CT molecular complexity index is 872. The molecule has 35 heavy (non-hydrogen) atoms. The Kier molecular flexibility index (Phi) is 6.96. The molecule has 0 aliphatic heterocycles. The molecule has 0 aromatic rings. The number of carbonyl (C=O) groups is 1. The number of hydrogen-bond acceptors (Lipinski definition) is 3. The van der Waals surface area contributed by atoms with E-state index >= 15 is 0 Å². The molecule has 4 aliphatic rings. The van der Waals surface area contributed by atoms with E-state index in [-0.39, 0.29) is 17.5 Å². The molecule has 0 saturated heterocycles. The van der Waals surface area contributed by atoms with Crippen molar-refractivity contribution in [2.75, 3.05) is 0 Å². The molecule has 4 fully saturated rings. The van der Waals surface area contributed by atoms with Crippen LogP contribution in [-0.2, 0) is 9.53 Å². The summed E-state index contributed by atoms with van der Waals surface area (Å²) in [7, 11) is 0. The number of aliphatic hydroxyl groups excluding tert-OH is 1. The first-order valence-corrected chi connectivity index (χ1v) is 14.4. The third-order valence-corrected chi connectivity index (χ3v) is 12.5. The zero-order valence-corrected chi connectivity index (χ0v) is 23.7. The van der Waals surface area contributed by atoms with Gasteiger partial charge in [-0.2, -0.15) is 0 Å². The molecule has 9 atom stereocenters. The highest BCUT2D eigenvalue weighted by Gasteiger charge is 2.68. The lowest BCUT2D eigenvalue weighted by atomic mass is 9.35. The maximum atomic E-state index is 11.8. The highest BCUT2D eigenvalue weighted by atomic mass is 16.5. The van der Waals surface area contributed by atoms with Gasteiger partial charge in [-0.25, -0.2) is 0 Å². The molecule has 0 spiro atoms. The first-order chi connectivity index (χ1) is 16.2. The Balaban J connectivity index is 1.56. The van der Waals surface area contributed by atoms with E-state index in [2.05, 4.69) is 47.8 Å². The second kappa shape index (κ2) is 9.03. The zero-order chi connectivity index (χ0) is 26.0. The van der Waals surface area contributed by atoms with Crippen molar-refractivity contribution in [3.05, 3.63) is 24.3 Å². The molecule has 0 bridgehead atoms. The third kappa shape index (κ3) is 4.07. The molecule has 4 saturated carbocycles. The molecular formula is C32H52O3. The highest BCUT2D eigenvalue weighted by Crippen LogP contribution is 2.75. The van der Waals surface area contributed by atoms with E-state index in [1.165, 1.54) is 50.5 Å². The highest BCUT2D eigenvalue weighted by molar-refractivity contribution is 5.66. The molecule has 0 heterocycles. The van der Waals surface area contributed by atoms with Crippen LogP contribution in [0.3, 0.4) is 0 Å². The van der Waals surface area contributed by atoms with Crippen molar-refractivity contribution in [2.45, 2.75) is 125 Å². The van der Waals surface area contributed by atoms with E-state index in [0.717, 1.165) is 30.8 Å². The molecule has 1 N–H and O–H groups in total. The van der Waals surface area contributed by atoms with E-state index in [4.69, 9.17) is 4.74 Å². The van der Waals surface area contributed by atoms with Crippen LogP contribution in [0, 0.1) is 45.3 Å². The summed E-state index contributed by atoms with van der Waals surface area (Å²) in [4.78, 5) is 11.8. The Morgan fingerprint density at radius 3 is 2.20 bits per heavy atom. The Morgan fingerprint density at radius 1 is 0.914 bits per heavy atom. The summed E-state index contributed by atoms with van der Waals surface area (Å²) in [5, 5.41) is 10.3. The Labute approximate surface area is 215 Å². The molecule has 0 aromatic carbocycles. The monoisotopic (exact) mass is 484 g/mol. The molecular weight excluding hydrogens is 432 g/mol. The van der Waals surface area contributed by atoms with Crippen LogP contribution in [0.1, 0.15) is 113 Å². The number of rotatable bonds is 6. The van der Waals surface area contributed by atoms with E-state index in [9.17, 15) is 9.90 Å². The van der Waals surface area contributed by atoms with Gasteiger partial charge in [-0.3, -0.25) is 4.79 Å². The maximum Gasteiger partial charge on any atom is 0.302 e. The second-order valence-electron chi connectivity index (χ2n) is 14.3. The van der Waals surface area contributed by atoms with Gasteiger partial charge in [-0.1, -0.05) is 58.9 Å². The van der Waals surface area contributed by atoms with Crippen LogP contribution in [-0.4, -0.2) is 23.3 Å². The summed E-state index contributed by atoms with van der Waals surface area (Å²) in [6, 6.07) is 0. The number of ether oxygens (including phenoxy) is 1. The lowest BCUT2D eigenvalue weighted by molar-refractivity contribution is -0.226. The minimum absolute atomic E-state index is 0.0222. The first-order valence-electron chi connectivity index (χ1n) is 14.4. The minimum atomic E-state index is -0.409. The largest absolute Gasteiger partial charge is 0.462 e. The molecule has 0 amide bonds. The van der Waals surface area contributed by atoms with E-state index in [1.54, 1.807) is 6.92 Å². The van der Waals surface area contributed by atoms with Crippen LogP contribution in [0.25, 0.3) is 0 Å². The van der Waals surface area contributed by atoms with Crippen molar-refractivity contribution in [2.24, 2.45) is 45.3 Å². The SMILES string of the molecule is C=C(C)C(O)CCC(=C)C1CC[C@]2(C)C1CCC1[C@@]3(C)CCC(OC(C)=O)C(C)(C)C3CC[C@]12C. The second-order valence-corrected chi connectivity index (χ2v) is 14.3. The summed E-state index contributed by atoms with van der Waals surface area (Å²) in [6.45, 7) is 24.6. The number of aliphatic hydroxyl groups is 1. The number of esters is 1. The van der Waals surface area contributed by atoms with Crippen molar-refractivity contribution in [1.29, 1.82) is 0 Å². The standard InChI is InChI=1S/C32H52O3/c1-20(2)25(34)12-10-21(3)23-14-18-31(8)24(23)11-13-27-30(7)17-16-28(35-22(4)33)29(5,6)26(30)15-19-32(27,31)9/h23-28,34H,1,3,10-19H2,2,4-9H3/t23?,24?,25?,26?,27?,28?,30-,31+,32+/m0/s1. The van der Waals surface area contributed by atoms with Crippen molar-refractivity contribution >= 4 is 5.97 Å². The molecule has 3 heteroatoms. The predicted octanol–water partition coefficient (Wildman–Crippen LogP) is 7.88. The number of allylic oxidation sites excluding steroid dienone is 1. The van der Waals surface area contributed by atoms with Crippen LogP contribution in [0.4, 0.5) is 0 Å². The summed E-state index contributed by atoms with van der Waals surface area (Å²) in [6.07, 6.45) is 11.2. The van der Waals surface area contributed by atoms with Crippen molar-refractivity contribution in [3.8, 4) is 0 Å². The lowest BCUT2D eigenvalue weighted by Crippen LogP contribution is -2.64. The zero-order valence-electron chi connectivity index (χ0n) is 23.7. The maximum absolute atomic E-state index is 11.8. The first kappa shape index (κ1) is 27.0. The summed E-state index contributed by atoms with van der Waals surface area (Å²) >= 11 is 0. The number of fused-ring (bicyclic) bond motifs is 5. The smallest absolute Gasteiger partial charge is 0.302 e. The van der Waals surface area contributed by atoms with Crippen molar-refractivity contribution < 1.29 is 14.6 Å². The van der Waals surface area contributed by atoms with Gasteiger partial charge in [-0.05, 0) is 111 Å². The van der Waals surface area contributed by atoms with E-state index in [0.29, 0.717) is 34.0 Å². The molecule has 6 unspecified atom stereocenters. The topological polar surface area (TPSA) is 46.5 Å². The van der Waals surface area contributed by atoms with Gasteiger partial charge in [0.2, 0.25) is 0 Å². The van der Waals surface area contributed by atoms with Gasteiger partial charge >= 0.3 is 5.97 Å². The number of hydrogen-bond donors (Lipinski definition) is 1. The predicted molar refractivity (Wildman–Crippen MR) is 144 cm³/mol. The Morgan fingerprint density at radius 2 is 1.57 bits per heavy atom. The van der Waals surface area contributed by atoms with Crippen LogP contribution >= 0.6 is 0 Å². The molecule has 4 rings (SSSR count). The van der Waals surface area contributed by atoms with E-state index in [1.807, 2.05) is 6.92 Å². The van der Waals surface area contributed by atoms with Gasteiger partial charge in [0, 0.05) is 12.3 Å².